The molecule has 0 atom stereocenters. The first kappa shape index (κ1) is 19.7. The number of carbonyl (C=O) groups excluding carboxylic acids is 2. The van der Waals surface area contributed by atoms with E-state index in [-0.39, 0.29) is 23.4 Å². The van der Waals surface area contributed by atoms with Crippen molar-refractivity contribution < 1.29 is 23.5 Å². The Balaban J connectivity index is 1.61. The number of benzene rings is 2. The van der Waals surface area contributed by atoms with E-state index in [9.17, 15) is 14.0 Å². The predicted molar refractivity (Wildman–Crippen MR) is 102 cm³/mol. The minimum atomic E-state index is -0.520. The van der Waals surface area contributed by atoms with E-state index in [2.05, 4.69) is 5.32 Å². The highest BCUT2D eigenvalue weighted by Gasteiger charge is 2.27. The van der Waals surface area contributed by atoms with Gasteiger partial charge >= 0.3 is 0 Å². The first-order chi connectivity index (χ1) is 13.5. The Morgan fingerprint density at radius 2 is 1.68 bits per heavy atom. The standard InChI is InChI=1S/C21H23FN2O4/c1-27-18-9-5-7-16(19(18)28-2)20(25)23-14-10-12-24(13-11-14)21(26)15-6-3-4-8-17(15)22/h3-9,14H,10-13H2,1-2H3,(H,23,25). The van der Waals surface area contributed by atoms with E-state index in [1.54, 1.807) is 35.2 Å². The second-order valence-electron chi connectivity index (χ2n) is 6.56. The summed E-state index contributed by atoms with van der Waals surface area (Å²) in [5.74, 6) is -0.227. The SMILES string of the molecule is COc1cccc(C(=O)NC2CCN(C(=O)c3ccccc3F)CC2)c1OC. The van der Waals surface area contributed by atoms with Gasteiger partial charge in [-0.3, -0.25) is 9.59 Å². The Bertz CT molecular complexity index is 863. The molecular formula is C21H23FN2O4. The molecule has 0 unspecified atom stereocenters. The van der Waals surface area contributed by atoms with Crippen molar-refractivity contribution in [3.63, 3.8) is 0 Å². The highest BCUT2D eigenvalue weighted by Crippen LogP contribution is 2.30. The topological polar surface area (TPSA) is 67.9 Å². The molecule has 2 aromatic carbocycles. The summed E-state index contributed by atoms with van der Waals surface area (Å²) in [6, 6.07) is 11.0. The Hall–Kier alpha value is -3.09. The van der Waals surface area contributed by atoms with Gasteiger partial charge in [0.05, 0.1) is 25.3 Å². The number of likely N-dealkylation sites (tertiary alicyclic amines) is 1. The molecule has 0 aromatic heterocycles. The van der Waals surface area contributed by atoms with E-state index in [1.165, 1.54) is 26.4 Å². The Kier molecular flexibility index (Phi) is 6.13. The number of piperidine rings is 1. The van der Waals surface area contributed by atoms with Gasteiger partial charge in [-0.05, 0) is 37.1 Å². The quantitative estimate of drug-likeness (QED) is 0.858. The van der Waals surface area contributed by atoms with Crippen LogP contribution in [0.3, 0.4) is 0 Å². The minimum absolute atomic E-state index is 0.0751. The van der Waals surface area contributed by atoms with Gasteiger partial charge < -0.3 is 19.7 Å². The number of nitrogens with zero attached hydrogens (tertiary/aromatic N) is 1. The van der Waals surface area contributed by atoms with Crippen LogP contribution in [-0.4, -0.2) is 50.1 Å². The molecule has 148 valence electrons. The van der Waals surface area contributed by atoms with Crippen molar-refractivity contribution in [1.82, 2.24) is 10.2 Å². The second-order valence-corrected chi connectivity index (χ2v) is 6.56. The van der Waals surface area contributed by atoms with Crippen molar-refractivity contribution in [1.29, 1.82) is 0 Å². The molecule has 0 saturated carbocycles. The van der Waals surface area contributed by atoms with Crippen LogP contribution in [0, 0.1) is 5.82 Å². The summed E-state index contributed by atoms with van der Waals surface area (Å²) in [6.45, 7) is 0.903. The minimum Gasteiger partial charge on any atom is -0.493 e. The van der Waals surface area contributed by atoms with E-state index < -0.39 is 5.82 Å². The smallest absolute Gasteiger partial charge is 0.256 e. The Morgan fingerprint density at radius 3 is 2.32 bits per heavy atom. The predicted octanol–water partition coefficient (Wildman–Crippen LogP) is 2.88. The highest BCUT2D eigenvalue weighted by atomic mass is 19.1. The Morgan fingerprint density at radius 1 is 1.00 bits per heavy atom. The molecule has 6 nitrogen and oxygen atoms in total. The molecular weight excluding hydrogens is 363 g/mol. The van der Waals surface area contributed by atoms with Crippen molar-refractivity contribution in [3.05, 3.63) is 59.4 Å². The fraction of sp³-hybridized carbons (Fsp3) is 0.333. The van der Waals surface area contributed by atoms with Crippen molar-refractivity contribution in [3.8, 4) is 11.5 Å². The number of rotatable bonds is 5. The highest BCUT2D eigenvalue weighted by molar-refractivity contribution is 5.98. The molecule has 1 fully saturated rings. The molecule has 7 heteroatoms. The molecule has 1 aliphatic heterocycles. The second kappa shape index (κ2) is 8.73. The normalized spacial score (nSPS) is 14.5. The van der Waals surface area contributed by atoms with Crippen molar-refractivity contribution in [2.24, 2.45) is 0 Å². The van der Waals surface area contributed by atoms with Crippen LogP contribution in [-0.2, 0) is 0 Å². The third-order valence-electron chi connectivity index (χ3n) is 4.87. The maximum absolute atomic E-state index is 13.8. The average Bonchev–Trinajstić information content (AvgIpc) is 2.73. The van der Waals surface area contributed by atoms with Crippen molar-refractivity contribution in [2.45, 2.75) is 18.9 Å². The van der Waals surface area contributed by atoms with Crippen molar-refractivity contribution in [2.75, 3.05) is 27.3 Å². The summed E-state index contributed by atoms with van der Waals surface area (Å²) in [5, 5.41) is 2.99. The molecule has 3 rings (SSSR count). The van der Waals surface area contributed by atoms with Crippen LogP contribution in [0.15, 0.2) is 42.5 Å². The van der Waals surface area contributed by atoms with Crippen molar-refractivity contribution >= 4 is 11.8 Å². The number of carbonyl (C=O) groups is 2. The summed E-state index contributed by atoms with van der Waals surface area (Å²) in [5.41, 5.74) is 0.470. The largest absolute Gasteiger partial charge is 0.493 e. The molecule has 2 amide bonds. The molecule has 1 heterocycles. The molecule has 1 N–H and O–H groups in total. The lowest BCUT2D eigenvalue weighted by Gasteiger charge is -2.32. The van der Waals surface area contributed by atoms with Gasteiger partial charge in [0.2, 0.25) is 0 Å². The van der Waals surface area contributed by atoms with Gasteiger partial charge in [-0.15, -0.1) is 0 Å². The molecule has 0 bridgehead atoms. The van der Waals surface area contributed by atoms with Gasteiger partial charge in [-0.1, -0.05) is 18.2 Å². The first-order valence-electron chi connectivity index (χ1n) is 9.10. The third-order valence-corrected chi connectivity index (χ3v) is 4.87. The lowest BCUT2D eigenvalue weighted by molar-refractivity contribution is 0.0693. The summed E-state index contributed by atoms with van der Waals surface area (Å²) in [7, 11) is 3.00. The van der Waals surface area contributed by atoms with E-state index in [0.29, 0.717) is 43.0 Å². The van der Waals surface area contributed by atoms with E-state index >= 15 is 0 Å². The van der Waals surface area contributed by atoms with Crippen LogP contribution < -0.4 is 14.8 Å². The third kappa shape index (κ3) is 4.08. The van der Waals surface area contributed by atoms with Crippen LogP contribution >= 0.6 is 0 Å². The van der Waals surface area contributed by atoms with Crippen LogP contribution in [0.1, 0.15) is 33.6 Å². The monoisotopic (exact) mass is 386 g/mol. The molecule has 0 spiro atoms. The number of nitrogens with one attached hydrogen (secondary N) is 1. The number of para-hydroxylation sites is 1. The van der Waals surface area contributed by atoms with Gasteiger partial charge in [0.25, 0.3) is 11.8 Å². The van der Waals surface area contributed by atoms with Crippen LogP contribution in [0.4, 0.5) is 4.39 Å². The Labute approximate surface area is 163 Å². The summed E-state index contributed by atoms with van der Waals surface area (Å²) in [6.07, 6.45) is 1.19. The fourth-order valence-corrected chi connectivity index (χ4v) is 3.36. The van der Waals surface area contributed by atoms with Gasteiger partial charge in [-0.2, -0.15) is 0 Å². The van der Waals surface area contributed by atoms with E-state index in [1.807, 2.05) is 0 Å². The van der Waals surface area contributed by atoms with Gasteiger partial charge in [0.15, 0.2) is 11.5 Å². The number of hydrogen-bond donors (Lipinski definition) is 1. The maximum atomic E-state index is 13.8. The van der Waals surface area contributed by atoms with E-state index in [4.69, 9.17) is 9.47 Å². The number of halogens is 1. The molecule has 28 heavy (non-hydrogen) atoms. The van der Waals surface area contributed by atoms with Crippen LogP contribution in [0.2, 0.25) is 0 Å². The van der Waals surface area contributed by atoms with Gasteiger partial charge in [-0.25, -0.2) is 4.39 Å². The summed E-state index contributed by atoms with van der Waals surface area (Å²) < 4.78 is 24.4. The van der Waals surface area contributed by atoms with E-state index in [0.717, 1.165) is 0 Å². The summed E-state index contributed by atoms with van der Waals surface area (Å²) in [4.78, 5) is 26.8. The number of methoxy groups -OCH3 is 2. The lowest BCUT2D eigenvalue weighted by Crippen LogP contribution is -2.46. The molecule has 0 aliphatic carbocycles. The molecule has 0 radical (unpaired) electrons. The molecule has 2 aromatic rings. The number of amides is 2. The molecule has 1 saturated heterocycles. The molecule has 1 aliphatic rings. The maximum Gasteiger partial charge on any atom is 0.256 e. The van der Waals surface area contributed by atoms with Gasteiger partial charge in [0.1, 0.15) is 5.82 Å². The first-order valence-corrected chi connectivity index (χ1v) is 9.10. The van der Waals surface area contributed by atoms with Crippen LogP contribution in [0.5, 0.6) is 11.5 Å². The summed E-state index contributed by atoms with van der Waals surface area (Å²) >= 11 is 0. The number of hydrogen-bond acceptors (Lipinski definition) is 4. The zero-order valence-electron chi connectivity index (χ0n) is 15.9. The number of ether oxygens (including phenoxy) is 2. The van der Waals surface area contributed by atoms with Crippen LogP contribution in [0.25, 0.3) is 0 Å². The lowest BCUT2D eigenvalue weighted by atomic mass is 10.0. The zero-order valence-corrected chi connectivity index (χ0v) is 15.9. The fourth-order valence-electron chi connectivity index (χ4n) is 3.36. The van der Waals surface area contributed by atoms with Gasteiger partial charge in [0, 0.05) is 19.1 Å². The zero-order chi connectivity index (χ0) is 20.1. The average molecular weight is 386 g/mol.